The van der Waals surface area contributed by atoms with Crippen molar-refractivity contribution in [2.45, 2.75) is 18.7 Å². The molecule has 2 aromatic heterocycles. The largest absolute Gasteiger partial charge is 0.416 e. The highest BCUT2D eigenvalue weighted by atomic mass is 19.4. The van der Waals surface area contributed by atoms with Crippen molar-refractivity contribution >= 4 is 5.91 Å². The predicted octanol–water partition coefficient (Wildman–Crippen LogP) is 3.69. The molecule has 1 saturated heterocycles. The molecule has 3 heterocycles. The number of morpholine rings is 1. The van der Waals surface area contributed by atoms with Crippen molar-refractivity contribution in [2.24, 2.45) is 0 Å². The van der Waals surface area contributed by atoms with Gasteiger partial charge in [-0.25, -0.2) is 4.98 Å². The molecule has 1 aromatic carbocycles. The van der Waals surface area contributed by atoms with E-state index in [-0.39, 0.29) is 11.6 Å². The minimum atomic E-state index is -4.37. The van der Waals surface area contributed by atoms with Crippen LogP contribution in [0.25, 0.3) is 0 Å². The van der Waals surface area contributed by atoms with Crippen LogP contribution in [0, 0.1) is 0 Å². The van der Waals surface area contributed by atoms with Gasteiger partial charge in [-0.2, -0.15) is 13.2 Å². The van der Waals surface area contributed by atoms with Crippen LogP contribution in [0.15, 0.2) is 61.2 Å². The fraction of sp³-hybridized carbons (Fsp3) is 0.273. The minimum Gasteiger partial charge on any atom is -0.368 e. The van der Waals surface area contributed by atoms with E-state index in [0.717, 1.165) is 17.7 Å². The molecule has 3 aromatic rings. The highest BCUT2D eigenvalue weighted by molar-refractivity contribution is 5.92. The Balaban J connectivity index is 1.43. The lowest BCUT2D eigenvalue weighted by molar-refractivity contribution is -0.137. The molecule has 1 amide bonds. The number of carbonyl (C=O) groups is 1. The van der Waals surface area contributed by atoms with Crippen LogP contribution >= 0.6 is 0 Å². The molecule has 6 nitrogen and oxygen atoms in total. The molecule has 1 fully saturated rings. The Morgan fingerprint density at radius 3 is 2.68 bits per heavy atom. The van der Waals surface area contributed by atoms with Crippen molar-refractivity contribution in [3.8, 4) is 0 Å². The number of carbonyl (C=O) groups excluding carboxylic acids is 1. The van der Waals surface area contributed by atoms with Crippen LogP contribution in [-0.4, -0.2) is 45.5 Å². The maximum absolute atomic E-state index is 12.9. The van der Waals surface area contributed by atoms with Gasteiger partial charge in [-0.15, -0.1) is 0 Å². The molecule has 160 valence electrons. The summed E-state index contributed by atoms with van der Waals surface area (Å²) in [5.74, 6) is -0.220. The lowest BCUT2D eigenvalue weighted by Crippen LogP contribution is -2.42. The van der Waals surface area contributed by atoms with Crippen molar-refractivity contribution in [2.75, 3.05) is 19.7 Å². The number of alkyl halides is 3. The summed E-state index contributed by atoms with van der Waals surface area (Å²) < 4.78 is 44.5. The van der Waals surface area contributed by atoms with Crippen molar-refractivity contribution < 1.29 is 22.7 Å². The Kier molecular flexibility index (Phi) is 5.94. The number of nitrogens with zero attached hydrogens (tertiary/aromatic N) is 4. The normalized spacial score (nSPS) is 16.9. The number of aromatic nitrogens is 3. The zero-order valence-electron chi connectivity index (χ0n) is 16.4. The number of rotatable bonds is 4. The van der Waals surface area contributed by atoms with Gasteiger partial charge in [0.05, 0.1) is 30.6 Å². The number of pyridine rings is 1. The molecule has 0 saturated carbocycles. The molecular weight excluding hydrogens is 409 g/mol. The van der Waals surface area contributed by atoms with Crippen LogP contribution in [0.3, 0.4) is 0 Å². The van der Waals surface area contributed by atoms with E-state index in [9.17, 15) is 18.0 Å². The van der Waals surface area contributed by atoms with Gasteiger partial charge in [0.15, 0.2) is 0 Å². The van der Waals surface area contributed by atoms with Gasteiger partial charge in [-0.3, -0.25) is 14.8 Å². The van der Waals surface area contributed by atoms with Crippen LogP contribution in [-0.2, 0) is 17.3 Å². The first kappa shape index (κ1) is 20.9. The van der Waals surface area contributed by atoms with Crippen molar-refractivity contribution in [1.29, 1.82) is 0 Å². The summed E-state index contributed by atoms with van der Waals surface area (Å²) >= 11 is 0. The molecule has 9 heteroatoms. The zero-order chi connectivity index (χ0) is 21.8. The number of hydrogen-bond donors (Lipinski definition) is 0. The maximum atomic E-state index is 12.9. The number of benzene rings is 1. The molecule has 1 aliphatic heterocycles. The van der Waals surface area contributed by atoms with Gasteiger partial charge < -0.3 is 9.64 Å². The standard InChI is InChI=1S/C22H19F3N4O2/c23-22(24,25)17-3-1-2-15(11-17)10-16-4-5-18(28-12-16)20-14-29(8-9-31-20)21(30)19-13-26-6-7-27-19/h1-7,11-13,20H,8-10,14H2/t20-/m1/s1. The SMILES string of the molecule is O=C(c1cnccn1)N1CCO[C@@H](c2ccc(Cc3cccc(C(F)(F)F)c3)cn2)C1. The van der Waals surface area contributed by atoms with Crippen LogP contribution in [0.1, 0.15) is 39.0 Å². The molecule has 31 heavy (non-hydrogen) atoms. The number of halogens is 3. The molecule has 0 bridgehead atoms. The van der Waals surface area contributed by atoms with Gasteiger partial charge in [0.25, 0.3) is 5.91 Å². The zero-order valence-corrected chi connectivity index (χ0v) is 16.4. The number of hydrogen-bond acceptors (Lipinski definition) is 5. The van der Waals surface area contributed by atoms with Gasteiger partial charge in [0, 0.05) is 25.1 Å². The summed E-state index contributed by atoms with van der Waals surface area (Å²) in [5, 5.41) is 0. The maximum Gasteiger partial charge on any atom is 0.416 e. The average Bonchev–Trinajstić information content (AvgIpc) is 2.79. The third-order valence-corrected chi connectivity index (χ3v) is 4.98. The van der Waals surface area contributed by atoms with Crippen LogP contribution in [0.4, 0.5) is 13.2 Å². The van der Waals surface area contributed by atoms with Crippen LogP contribution in [0.2, 0.25) is 0 Å². The average molecular weight is 428 g/mol. The van der Waals surface area contributed by atoms with Crippen molar-refractivity contribution in [3.63, 3.8) is 0 Å². The van der Waals surface area contributed by atoms with E-state index in [0.29, 0.717) is 37.4 Å². The van der Waals surface area contributed by atoms with Crippen molar-refractivity contribution in [1.82, 2.24) is 19.9 Å². The lowest BCUT2D eigenvalue weighted by atomic mass is 10.0. The van der Waals surface area contributed by atoms with E-state index >= 15 is 0 Å². The van der Waals surface area contributed by atoms with Crippen molar-refractivity contribution in [3.05, 3.63) is 89.3 Å². The highest BCUT2D eigenvalue weighted by Crippen LogP contribution is 2.30. The molecule has 0 aliphatic carbocycles. The fourth-order valence-electron chi connectivity index (χ4n) is 3.41. The second-order valence-electron chi connectivity index (χ2n) is 7.17. The molecule has 4 rings (SSSR count). The third-order valence-electron chi connectivity index (χ3n) is 4.98. The molecule has 0 radical (unpaired) electrons. The van der Waals surface area contributed by atoms with E-state index in [2.05, 4.69) is 15.0 Å². The summed E-state index contributed by atoms with van der Waals surface area (Å²) in [6.07, 6.45) is 1.60. The minimum absolute atomic E-state index is 0.220. The van der Waals surface area contributed by atoms with E-state index in [1.807, 2.05) is 6.07 Å². The first-order chi connectivity index (χ1) is 14.9. The summed E-state index contributed by atoms with van der Waals surface area (Å²) in [4.78, 5) is 26.6. The Bertz CT molecular complexity index is 1040. The molecule has 1 aliphatic rings. The summed E-state index contributed by atoms with van der Waals surface area (Å²) in [7, 11) is 0. The molecular formula is C22H19F3N4O2. The lowest BCUT2D eigenvalue weighted by Gasteiger charge is -2.32. The van der Waals surface area contributed by atoms with E-state index in [4.69, 9.17) is 4.74 Å². The highest BCUT2D eigenvalue weighted by Gasteiger charge is 2.30. The van der Waals surface area contributed by atoms with Gasteiger partial charge in [-0.05, 0) is 29.7 Å². The topological polar surface area (TPSA) is 68.2 Å². The second kappa shape index (κ2) is 8.81. The van der Waals surface area contributed by atoms with Gasteiger partial charge >= 0.3 is 6.18 Å². The molecule has 0 N–H and O–H groups in total. The number of ether oxygens (including phenoxy) is 1. The Morgan fingerprint density at radius 2 is 1.97 bits per heavy atom. The first-order valence-corrected chi connectivity index (χ1v) is 9.68. The molecule has 0 spiro atoms. The summed E-state index contributed by atoms with van der Waals surface area (Å²) in [5.41, 5.74) is 1.60. The number of amides is 1. The predicted molar refractivity (Wildman–Crippen MR) is 105 cm³/mol. The molecule has 0 unspecified atom stereocenters. The smallest absolute Gasteiger partial charge is 0.368 e. The monoisotopic (exact) mass is 428 g/mol. The fourth-order valence-corrected chi connectivity index (χ4v) is 3.41. The van der Waals surface area contributed by atoms with E-state index in [1.54, 1.807) is 23.2 Å². The van der Waals surface area contributed by atoms with Crippen LogP contribution in [0.5, 0.6) is 0 Å². The van der Waals surface area contributed by atoms with Gasteiger partial charge in [-0.1, -0.05) is 24.3 Å². The van der Waals surface area contributed by atoms with Crippen LogP contribution < -0.4 is 0 Å². The Morgan fingerprint density at radius 1 is 1.10 bits per heavy atom. The summed E-state index contributed by atoms with van der Waals surface area (Å²) in [6, 6.07) is 8.86. The Labute approximate surface area is 176 Å². The molecule has 1 atom stereocenters. The van der Waals surface area contributed by atoms with Gasteiger partial charge in [0.2, 0.25) is 0 Å². The third kappa shape index (κ3) is 5.05. The quantitative estimate of drug-likeness (QED) is 0.634. The Hall–Kier alpha value is -3.33. The summed E-state index contributed by atoms with van der Waals surface area (Å²) in [6.45, 7) is 1.14. The van der Waals surface area contributed by atoms with Gasteiger partial charge in [0.1, 0.15) is 11.8 Å². The van der Waals surface area contributed by atoms with E-state index < -0.39 is 17.8 Å². The van der Waals surface area contributed by atoms with E-state index in [1.165, 1.54) is 24.7 Å². The first-order valence-electron chi connectivity index (χ1n) is 9.68. The second-order valence-corrected chi connectivity index (χ2v) is 7.17.